The number of ether oxygens (including phenoxy) is 2. The second kappa shape index (κ2) is 8.11. The van der Waals surface area contributed by atoms with Crippen LogP contribution in [0, 0.1) is 0 Å². The zero-order valence-electron chi connectivity index (χ0n) is 13.1. The van der Waals surface area contributed by atoms with E-state index in [0.29, 0.717) is 0 Å². The van der Waals surface area contributed by atoms with Crippen molar-refractivity contribution in [3.63, 3.8) is 0 Å². The molecule has 2 N–H and O–H groups in total. The molecule has 2 atom stereocenters. The van der Waals surface area contributed by atoms with Gasteiger partial charge in [0.2, 0.25) is 0 Å². The van der Waals surface area contributed by atoms with E-state index in [-0.39, 0.29) is 6.42 Å². The van der Waals surface area contributed by atoms with Gasteiger partial charge in [0.05, 0.1) is 7.11 Å². The maximum absolute atomic E-state index is 13.7. The van der Waals surface area contributed by atoms with Gasteiger partial charge in [-0.1, -0.05) is 30.3 Å². The van der Waals surface area contributed by atoms with Gasteiger partial charge in [0.25, 0.3) is 11.5 Å². The maximum atomic E-state index is 13.7. The Morgan fingerprint density at radius 3 is 2.21 bits per heavy atom. The summed E-state index contributed by atoms with van der Waals surface area (Å²) < 4.78 is 50.0. The Bertz CT molecular complexity index is 564. The summed E-state index contributed by atoms with van der Waals surface area (Å²) in [6.07, 6.45) is -5.39. The molecule has 0 aliphatic rings. The van der Waals surface area contributed by atoms with Crippen molar-refractivity contribution in [3.8, 4) is 0 Å². The fourth-order valence-electron chi connectivity index (χ4n) is 2.20. The Hall–Kier alpha value is -2.13. The number of aliphatic hydroxyl groups is 1. The topological polar surface area (TPSA) is 84.9 Å². The van der Waals surface area contributed by atoms with Gasteiger partial charge >= 0.3 is 12.1 Å². The molecule has 0 aliphatic carbocycles. The predicted octanol–water partition coefficient (Wildman–Crippen LogP) is 1.13. The number of hydrogen-bond acceptors (Lipinski definition) is 5. The van der Waals surface area contributed by atoms with Crippen molar-refractivity contribution >= 4 is 11.9 Å². The summed E-state index contributed by atoms with van der Waals surface area (Å²) >= 11 is 0. The number of halogens is 3. The zero-order valence-corrected chi connectivity index (χ0v) is 13.1. The molecule has 0 spiro atoms. The number of methoxy groups -OCH3 is 2. The average Bonchev–Trinajstić information content (AvgIpc) is 2.54. The molecule has 0 bridgehead atoms. The summed E-state index contributed by atoms with van der Waals surface area (Å²) in [7, 11) is 1.77. The Morgan fingerprint density at radius 2 is 1.79 bits per heavy atom. The van der Waals surface area contributed by atoms with E-state index in [9.17, 15) is 22.8 Å². The second-order valence-corrected chi connectivity index (χ2v) is 4.81. The lowest BCUT2D eigenvalue weighted by Crippen LogP contribution is -2.58. The molecule has 0 radical (unpaired) electrons. The van der Waals surface area contributed by atoms with Crippen LogP contribution in [0.1, 0.15) is 12.0 Å². The van der Waals surface area contributed by atoms with Gasteiger partial charge in [-0.3, -0.25) is 4.79 Å². The summed E-state index contributed by atoms with van der Waals surface area (Å²) in [5.74, 6) is -2.55. The second-order valence-electron chi connectivity index (χ2n) is 4.81. The summed E-state index contributed by atoms with van der Waals surface area (Å²) in [5, 5.41) is 10.9. The SMILES string of the molecule is COC(=O)[C@H](CCO)NC(=O)[C@](OC)(c1ccccc1)C(F)(F)F. The highest BCUT2D eigenvalue weighted by atomic mass is 19.4. The van der Waals surface area contributed by atoms with E-state index >= 15 is 0 Å². The molecule has 24 heavy (non-hydrogen) atoms. The average molecular weight is 349 g/mol. The number of nitrogens with one attached hydrogen (secondary N) is 1. The van der Waals surface area contributed by atoms with Crippen molar-refractivity contribution in [2.75, 3.05) is 20.8 Å². The smallest absolute Gasteiger partial charge is 0.430 e. The normalized spacial score (nSPS) is 15.2. The molecule has 0 saturated carbocycles. The summed E-state index contributed by atoms with van der Waals surface area (Å²) in [6, 6.07) is 4.89. The van der Waals surface area contributed by atoms with Gasteiger partial charge in [0.15, 0.2) is 0 Å². The molecular formula is C15H18F3NO5. The third kappa shape index (κ3) is 3.85. The van der Waals surface area contributed by atoms with E-state index in [4.69, 9.17) is 5.11 Å². The molecule has 0 aromatic heterocycles. The third-order valence-corrected chi connectivity index (χ3v) is 3.41. The fourth-order valence-corrected chi connectivity index (χ4v) is 2.20. The van der Waals surface area contributed by atoms with Crippen molar-refractivity contribution < 1.29 is 37.3 Å². The van der Waals surface area contributed by atoms with Crippen LogP contribution in [0.4, 0.5) is 13.2 Å². The lowest BCUT2D eigenvalue weighted by molar-refractivity contribution is -0.266. The Kier molecular flexibility index (Phi) is 6.73. The molecule has 1 aromatic carbocycles. The number of hydrogen-bond donors (Lipinski definition) is 2. The molecule has 1 rings (SSSR count). The van der Waals surface area contributed by atoms with Gasteiger partial charge in [0, 0.05) is 25.7 Å². The molecule has 0 saturated heterocycles. The van der Waals surface area contributed by atoms with Crippen molar-refractivity contribution in [2.24, 2.45) is 0 Å². The molecule has 9 heteroatoms. The van der Waals surface area contributed by atoms with Gasteiger partial charge in [-0.05, 0) is 0 Å². The zero-order chi connectivity index (χ0) is 18.4. The monoisotopic (exact) mass is 349 g/mol. The molecule has 0 heterocycles. The van der Waals surface area contributed by atoms with E-state index in [1.54, 1.807) is 0 Å². The minimum Gasteiger partial charge on any atom is -0.467 e. The number of amides is 1. The van der Waals surface area contributed by atoms with Gasteiger partial charge in [-0.2, -0.15) is 13.2 Å². The highest BCUT2D eigenvalue weighted by Crippen LogP contribution is 2.42. The van der Waals surface area contributed by atoms with Crippen molar-refractivity contribution in [3.05, 3.63) is 35.9 Å². The van der Waals surface area contributed by atoms with E-state index < -0.39 is 41.9 Å². The summed E-state index contributed by atoms with van der Waals surface area (Å²) in [6.45, 7) is -0.530. The van der Waals surface area contributed by atoms with E-state index in [1.807, 2.05) is 5.32 Å². The number of aliphatic hydroxyl groups excluding tert-OH is 1. The minimum absolute atomic E-state index is 0.301. The molecule has 6 nitrogen and oxygen atoms in total. The molecule has 1 amide bonds. The quantitative estimate of drug-likeness (QED) is 0.721. The Balaban J connectivity index is 3.29. The van der Waals surface area contributed by atoms with Crippen LogP contribution in [-0.2, 0) is 24.7 Å². The van der Waals surface area contributed by atoms with Crippen LogP contribution >= 0.6 is 0 Å². The predicted molar refractivity (Wildman–Crippen MR) is 76.8 cm³/mol. The standard InChI is InChI=1S/C15H18F3NO5/c1-23-12(21)11(8-9-20)19-13(22)14(24-2,15(16,17)18)10-6-4-3-5-7-10/h3-7,11,20H,8-9H2,1-2H3,(H,19,22)/t11-,14+/m0/s1. The number of alkyl halides is 3. The molecule has 0 fully saturated rings. The van der Waals surface area contributed by atoms with Crippen molar-refractivity contribution in [1.82, 2.24) is 5.32 Å². The lowest BCUT2D eigenvalue weighted by Gasteiger charge is -2.34. The molecular weight excluding hydrogens is 331 g/mol. The van der Waals surface area contributed by atoms with Crippen LogP contribution in [-0.4, -0.2) is 50.0 Å². The van der Waals surface area contributed by atoms with E-state index in [2.05, 4.69) is 9.47 Å². The maximum Gasteiger partial charge on any atom is 0.430 e. The van der Waals surface area contributed by atoms with Crippen molar-refractivity contribution in [2.45, 2.75) is 24.2 Å². The Labute approximate surface area is 136 Å². The van der Waals surface area contributed by atoms with E-state index in [0.717, 1.165) is 26.4 Å². The minimum atomic E-state index is -5.09. The van der Waals surface area contributed by atoms with Gasteiger partial charge < -0.3 is 19.9 Å². The summed E-state index contributed by atoms with van der Waals surface area (Å²) in [4.78, 5) is 24.0. The van der Waals surface area contributed by atoms with Gasteiger partial charge in [-0.15, -0.1) is 0 Å². The Morgan fingerprint density at radius 1 is 1.21 bits per heavy atom. The van der Waals surface area contributed by atoms with Gasteiger partial charge in [-0.25, -0.2) is 4.79 Å². The number of benzene rings is 1. The highest BCUT2D eigenvalue weighted by molar-refractivity contribution is 5.91. The van der Waals surface area contributed by atoms with Crippen LogP contribution in [0.3, 0.4) is 0 Å². The number of rotatable bonds is 7. The number of esters is 1. The largest absolute Gasteiger partial charge is 0.467 e. The van der Waals surface area contributed by atoms with E-state index in [1.165, 1.54) is 18.2 Å². The van der Waals surface area contributed by atoms with Crippen LogP contribution in [0.15, 0.2) is 30.3 Å². The first-order valence-corrected chi connectivity index (χ1v) is 6.91. The molecule has 0 aliphatic heterocycles. The third-order valence-electron chi connectivity index (χ3n) is 3.41. The number of carbonyl (C=O) groups excluding carboxylic acids is 2. The fraction of sp³-hybridized carbons (Fsp3) is 0.467. The van der Waals surface area contributed by atoms with Gasteiger partial charge in [0.1, 0.15) is 6.04 Å². The first kappa shape index (κ1) is 19.9. The van der Waals surface area contributed by atoms with Crippen LogP contribution in [0.2, 0.25) is 0 Å². The molecule has 134 valence electrons. The number of carbonyl (C=O) groups is 2. The summed E-state index contributed by atoms with van der Waals surface area (Å²) in [5.41, 5.74) is -3.74. The van der Waals surface area contributed by atoms with Crippen LogP contribution < -0.4 is 5.32 Å². The van der Waals surface area contributed by atoms with Crippen LogP contribution in [0.25, 0.3) is 0 Å². The highest BCUT2D eigenvalue weighted by Gasteiger charge is 2.63. The molecule has 1 aromatic rings. The first-order valence-electron chi connectivity index (χ1n) is 6.91. The van der Waals surface area contributed by atoms with Crippen LogP contribution in [0.5, 0.6) is 0 Å². The lowest BCUT2D eigenvalue weighted by atomic mass is 9.91. The molecule has 0 unspecified atom stereocenters. The first-order chi connectivity index (χ1) is 11.2. The van der Waals surface area contributed by atoms with Crippen molar-refractivity contribution in [1.29, 1.82) is 0 Å².